The number of aromatic nitrogens is 1. The lowest BCUT2D eigenvalue weighted by molar-refractivity contribution is -0.385. The predicted molar refractivity (Wildman–Crippen MR) is 70.1 cm³/mol. The summed E-state index contributed by atoms with van der Waals surface area (Å²) in [5.74, 6) is -0.429. The van der Waals surface area contributed by atoms with Crippen molar-refractivity contribution in [1.29, 1.82) is 0 Å². The van der Waals surface area contributed by atoms with Crippen LogP contribution in [-0.4, -0.2) is 21.9 Å². The second-order valence-electron chi connectivity index (χ2n) is 4.24. The van der Waals surface area contributed by atoms with E-state index in [1.807, 2.05) is 6.08 Å². The Morgan fingerprint density at radius 2 is 2.32 bits per heavy atom. The first-order valence-corrected chi connectivity index (χ1v) is 6.21. The highest BCUT2D eigenvalue weighted by atomic mass is 35.5. The van der Waals surface area contributed by atoms with Gasteiger partial charge in [0.1, 0.15) is 11.3 Å². The summed E-state index contributed by atoms with van der Waals surface area (Å²) in [6.07, 6.45) is 7.61. The number of carbonyl (C=O) groups excluding carboxylic acids is 1. The first-order valence-electron chi connectivity index (χ1n) is 5.83. The fourth-order valence-electron chi connectivity index (χ4n) is 1.88. The van der Waals surface area contributed by atoms with Crippen molar-refractivity contribution in [1.82, 2.24) is 10.3 Å². The number of hydrogen-bond acceptors (Lipinski definition) is 4. The first kappa shape index (κ1) is 13.5. The fraction of sp³-hybridized carbons (Fsp3) is 0.333. The summed E-state index contributed by atoms with van der Waals surface area (Å²) >= 11 is 5.80. The largest absolute Gasteiger partial charge is 0.349 e. The number of pyridine rings is 1. The molecule has 1 aromatic rings. The molecule has 7 heteroatoms. The average Bonchev–Trinajstić information content (AvgIpc) is 2.40. The van der Waals surface area contributed by atoms with Crippen LogP contribution in [-0.2, 0) is 0 Å². The quantitative estimate of drug-likeness (QED) is 0.399. The van der Waals surface area contributed by atoms with Crippen molar-refractivity contribution in [2.24, 2.45) is 0 Å². The summed E-state index contributed by atoms with van der Waals surface area (Å²) in [4.78, 5) is 25.7. The molecule has 1 atom stereocenters. The van der Waals surface area contributed by atoms with Crippen molar-refractivity contribution in [2.75, 3.05) is 0 Å². The van der Waals surface area contributed by atoms with E-state index in [0.29, 0.717) is 0 Å². The molecule has 100 valence electrons. The van der Waals surface area contributed by atoms with E-state index in [1.54, 1.807) is 0 Å². The summed E-state index contributed by atoms with van der Waals surface area (Å²) in [5, 5.41) is 13.4. The van der Waals surface area contributed by atoms with Crippen LogP contribution in [0.15, 0.2) is 24.4 Å². The third-order valence-corrected chi connectivity index (χ3v) is 3.19. The second kappa shape index (κ2) is 5.79. The van der Waals surface area contributed by atoms with E-state index >= 15 is 0 Å². The van der Waals surface area contributed by atoms with Gasteiger partial charge in [0.15, 0.2) is 0 Å². The van der Waals surface area contributed by atoms with Gasteiger partial charge in [0, 0.05) is 12.1 Å². The van der Waals surface area contributed by atoms with Gasteiger partial charge < -0.3 is 5.32 Å². The fourth-order valence-corrected chi connectivity index (χ4v) is 2.07. The molecule has 1 aliphatic carbocycles. The van der Waals surface area contributed by atoms with Crippen molar-refractivity contribution in [3.05, 3.63) is 45.2 Å². The van der Waals surface area contributed by atoms with E-state index in [1.165, 1.54) is 0 Å². The van der Waals surface area contributed by atoms with Gasteiger partial charge in [-0.1, -0.05) is 23.8 Å². The third kappa shape index (κ3) is 3.29. The Morgan fingerprint density at radius 1 is 1.53 bits per heavy atom. The smallest absolute Gasteiger partial charge is 0.288 e. The van der Waals surface area contributed by atoms with Gasteiger partial charge in [-0.05, 0) is 19.3 Å². The number of nitrogens with zero attached hydrogens (tertiary/aromatic N) is 2. The molecule has 1 unspecified atom stereocenters. The minimum absolute atomic E-state index is 0.0328. The van der Waals surface area contributed by atoms with Gasteiger partial charge in [-0.3, -0.25) is 14.9 Å². The second-order valence-corrected chi connectivity index (χ2v) is 4.60. The van der Waals surface area contributed by atoms with Crippen LogP contribution in [0.3, 0.4) is 0 Å². The number of carbonyl (C=O) groups is 1. The molecule has 0 saturated heterocycles. The zero-order valence-corrected chi connectivity index (χ0v) is 10.8. The van der Waals surface area contributed by atoms with Crippen molar-refractivity contribution < 1.29 is 9.72 Å². The molecule has 1 heterocycles. The Bertz CT molecular complexity index is 545. The number of nitrogens with one attached hydrogen (secondary N) is 1. The lowest BCUT2D eigenvalue weighted by atomic mass is 10.0. The van der Waals surface area contributed by atoms with Crippen LogP contribution in [0.4, 0.5) is 5.69 Å². The summed E-state index contributed by atoms with van der Waals surface area (Å²) in [7, 11) is 0. The molecular formula is C12H12ClN3O3. The van der Waals surface area contributed by atoms with E-state index in [0.717, 1.165) is 31.5 Å². The topological polar surface area (TPSA) is 85.1 Å². The Kier molecular flexibility index (Phi) is 4.11. The van der Waals surface area contributed by atoms with Crippen LogP contribution in [0, 0.1) is 10.1 Å². The highest BCUT2D eigenvalue weighted by Crippen LogP contribution is 2.20. The van der Waals surface area contributed by atoms with Gasteiger partial charge in [-0.2, -0.15) is 0 Å². The highest BCUT2D eigenvalue weighted by Gasteiger charge is 2.20. The van der Waals surface area contributed by atoms with E-state index in [4.69, 9.17) is 11.6 Å². The molecule has 1 N–H and O–H groups in total. The monoisotopic (exact) mass is 281 g/mol. The van der Waals surface area contributed by atoms with Crippen molar-refractivity contribution >= 4 is 23.2 Å². The summed E-state index contributed by atoms with van der Waals surface area (Å²) < 4.78 is 0. The van der Waals surface area contributed by atoms with Crippen molar-refractivity contribution in [2.45, 2.75) is 25.3 Å². The molecule has 0 fully saturated rings. The lowest BCUT2D eigenvalue weighted by Gasteiger charge is -2.19. The zero-order valence-electron chi connectivity index (χ0n) is 10.0. The Morgan fingerprint density at radius 3 is 2.95 bits per heavy atom. The molecular weight excluding hydrogens is 270 g/mol. The van der Waals surface area contributed by atoms with Crippen LogP contribution in [0.1, 0.15) is 29.6 Å². The predicted octanol–water partition coefficient (Wildman–Crippen LogP) is 2.48. The van der Waals surface area contributed by atoms with Gasteiger partial charge in [0.2, 0.25) is 0 Å². The maximum Gasteiger partial charge on any atom is 0.288 e. The number of hydrogen-bond donors (Lipinski definition) is 1. The number of halogens is 1. The summed E-state index contributed by atoms with van der Waals surface area (Å²) in [6.45, 7) is 0. The maximum atomic E-state index is 12.0. The molecule has 2 rings (SSSR count). The molecule has 19 heavy (non-hydrogen) atoms. The van der Waals surface area contributed by atoms with Crippen LogP contribution in [0.2, 0.25) is 5.15 Å². The van der Waals surface area contributed by atoms with Gasteiger partial charge >= 0.3 is 0 Å². The van der Waals surface area contributed by atoms with Gasteiger partial charge in [-0.15, -0.1) is 0 Å². The molecule has 0 saturated carbocycles. The Hall–Kier alpha value is -1.95. The van der Waals surface area contributed by atoms with Crippen molar-refractivity contribution in [3.8, 4) is 0 Å². The van der Waals surface area contributed by atoms with E-state index in [2.05, 4.69) is 16.4 Å². The molecule has 0 bridgehead atoms. The normalized spacial score (nSPS) is 18.1. The Balaban J connectivity index is 2.15. The minimum Gasteiger partial charge on any atom is -0.349 e. The molecule has 0 aliphatic heterocycles. The molecule has 1 aliphatic rings. The van der Waals surface area contributed by atoms with Crippen LogP contribution < -0.4 is 5.32 Å². The minimum atomic E-state index is -0.608. The first-order chi connectivity index (χ1) is 9.08. The molecule has 0 spiro atoms. The SMILES string of the molecule is O=C(NC1CC=CCC1)c1cc([N+](=O)[O-])cnc1Cl. The maximum absolute atomic E-state index is 12.0. The molecule has 1 amide bonds. The number of nitro groups is 1. The molecule has 6 nitrogen and oxygen atoms in total. The standard InChI is InChI=1S/C12H12ClN3O3/c13-11-10(6-9(7-14-11)16(18)19)12(17)15-8-4-2-1-3-5-8/h1-2,6-8H,3-5H2,(H,15,17). The van der Waals surface area contributed by atoms with Crippen LogP contribution in [0.25, 0.3) is 0 Å². The summed E-state index contributed by atoms with van der Waals surface area (Å²) in [6, 6.07) is 1.18. The number of rotatable bonds is 3. The van der Waals surface area contributed by atoms with Crippen molar-refractivity contribution in [3.63, 3.8) is 0 Å². The summed E-state index contributed by atoms with van der Waals surface area (Å²) in [5.41, 5.74) is -0.219. The van der Waals surface area contributed by atoms with Gasteiger partial charge in [-0.25, -0.2) is 4.98 Å². The Labute approximate surface area is 114 Å². The average molecular weight is 282 g/mol. The number of amides is 1. The van der Waals surface area contributed by atoms with Gasteiger partial charge in [0.25, 0.3) is 11.6 Å². The van der Waals surface area contributed by atoms with Crippen LogP contribution in [0.5, 0.6) is 0 Å². The lowest BCUT2D eigenvalue weighted by Crippen LogP contribution is -2.35. The van der Waals surface area contributed by atoms with Crippen LogP contribution >= 0.6 is 11.6 Å². The zero-order chi connectivity index (χ0) is 13.8. The molecule has 0 radical (unpaired) electrons. The van der Waals surface area contributed by atoms with E-state index < -0.39 is 10.8 Å². The third-order valence-electron chi connectivity index (χ3n) is 2.88. The van der Waals surface area contributed by atoms with E-state index in [9.17, 15) is 14.9 Å². The molecule has 1 aromatic heterocycles. The highest BCUT2D eigenvalue weighted by molar-refractivity contribution is 6.32. The van der Waals surface area contributed by atoms with E-state index in [-0.39, 0.29) is 22.4 Å². The molecule has 0 aromatic carbocycles. The number of allylic oxidation sites excluding steroid dienone is 1. The van der Waals surface area contributed by atoms with Gasteiger partial charge in [0.05, 0.1) is 10.5 Å².